The molecule has 0 spiro atoms. The molecule has 8 aromatic rings. The number of hydrogen-bond acceptors (Lipinski definition) is 2. The third-order valence-corrected chi connectivity index (χ3v) is 9.35. The molecule has 1 aliphatic carbocycles. The van der Waals surface area contributed by atoms with Crippen LogP contribution < -0.4 is 5.32 Å². The monoisotopic (exact) mass is 575 g/mol. The van der Waals surface area contributed by atoms with Crippen LogP contribution in [0.4, 0.5) is 11.4 Å². The minimum absolute atomic E-state index is 0.439. The van der Waals surface area contributed by atoms with Gasteiger partial charge in [0, 0.05) is 16.6 Å². The van der Waals surface area contributed by atoms with Gasteiger partial charge in [-0.25, -0.2) is 0 Å². The van der Waals surface area contributed by atoms with Gasteiger partial charge in [-0.1, -0.05) is 140 Å². The minimum Gasteiger partial charge on any atom is -0.456 e. The lowest BCUT2D eigenvalue weighted by atomic mass is 9.68. The van der Waals surface area contributed by atoms with Crippen LogP contribution in [0, 0.1) is 0 Å². The molecule has 45 heavy (non-hydrogen) atoms. The standard InChI is InChI=1S/C43H29NO/c1-4-14-29(15-5-1)30-26-27-39-34(28-30)42-38(24-13-25-40(42)45-39)44-37-23-12-22-36-41(37)33-20-10-11-21-35(33)43(36,31-16-6-2-7-17-31)32-18-8-3-9-19-32/h1-28,44H. The highest BCUT2D eigenvalue weighted by atomic mass is 16.3. The van der Waals surface area contributed by atoms with Crippen LogP contribution in [-0.4, -0.2) is 0 Å². The van der Waals surface area contributed by atoms with Crippen molar-refractivity contribution in [3.8, 4) is 22.3 Å². The summed E-state index contributed by atoms with van der Waals surface area (Å²) < 4.78 is 6.38. The van der Waals surface area contributed by atoms with Gasteiger partial charge in [-0.3, -0.25) is 0 Å². The molecule has 7 aromatic carbocycles. The summed E-state index contributed by atoms with van der Waals surface area (Å²) >= 11 is 0. The van der Waals surface area contributed by atoms with Crippen molar-refractivity contribution in [1.82, 2.24) is 0 Å². The summed E-state index contributed by atoms with van der Waals surface area (Å²) in [5, 5.41) is 6.10. The van der Waals surface area contributed by atoms with E-state index in [4.69, 9.17) is 4.42 Å². The average molecular weight is 576 g/mol. The first-order valence-corrected chi connectivity index (χ1v) is 15.4. The highest BCUT2D eigenvalue weighted by Crippen LogP contribution is 2.58. The molecule has 1 aliphatic rings. The zero-order valence-corrected chi connectivity index (χ0v) is 24.6. The fourth-order valence-electron chi connectivity index (χ4n) is 7.48. The van der Waals surface area contributed by atoms with E-state index in [-0.39, 0.29) is 0 Å². The largest absolute Gasteiger partial charge is 0.456 e. The van der Waals surface area contributed by atoms with Gasteiger partial charge in [-0.15, -0.1) is 0 Å². The van der Waals surface area contributed by atoms with E-state index >= 15 is 0 Å². The van der Waals surface area contributed by atoms with E-state index in [0.717, 1.165) is 33.3 Å². The fourth-order valence-corrected chi connectivity index (χ4v) is 7.48. The van der Waals surface area contributed by atoms with E-state index in [1.807, 2.05) is 0 Å². The van der Waals surface area contributed by atoms with E-state index in [1.165, 1.54) is 44.5 Å². The van der Waals surface area contributed by atoms with Crippen LogP contribution >= 0.6 is 0 Å². The SMILES string of the molecule is c1ccc(-c2ccc3oc4cccc(Nc5cccc6c5-c5ccccc5C6(c5ccccc5)c5ccccc5)c4c3c2)cc1. The fraction of sp³-hybridized carbons (Fsp3) is 0.0233. The topological polar surface area (TPSA) is 25.2 Å². The molecule has 0 unspecified atom stereocenters. The van der Waals surface area contributed by atoms with Gasteiger partial charge in [0.2, 0.25) is 0 Å². The zero-order chi connectivity index (χ0) is 29.8. The van der Waals surface area contributed by atoms with Gasteiger partial charge >= 0.3 is 0 Å². The van der Waals surface area contributed by atoms with Gasteiger partial charge < -0.3 is 9.73 Å². The summed E-state index contributed by atoms with van der Waals surface area (Å²) in [6, 6.07) is 60.7. The van der Waals surface area contributed by atoms with Gasteiger partial charge in [-0.05, 0) is 69.3 Å². The summed E-state index contributed by atoms with van der Waals surface area (Å²) in [4.78, 5) is 0. The lowest BCUT2D eigenvalue weighted by Gasteiger charge is -2.33. The molecule has 1 heterocycles. The first kappa shape index (κ1) is 25.6. The summed E-state index contributed by atoms with van der Waals surface area (Å²) in [7, 11) is 0. The van der Waals surface area contributed by atoms with Crippen molar-refractivity contribution in [2.45, 2.75) is 5.41 Å². The van der Waals surface area contributed by atoms with Gasteiger partial charge in [0.05, 0.1) is 16.5 Å². The number of nitrogens with one attached hydrogen (secondary N) is 1. The van der Waals surface area contributed by atoms with E-state index < -0.39 is 5.41 Å². The lowest BCUT2D eigenvalue weighted by Crippen LogP contribution is -2.28. The Morgan fingerprint density at radius 3 is 1.82 bits per heavy atom. The maximum Gasteiger partial charge on any atom is 0.137 e. The molecule has 0 fully saturated rings. The van der Waals surface area contributed by atoms with Crippen LogP contribution in [0.25, 0.3) is 44.2 Å². The Labute approximate surface area is 262 Å². The molecule has 9 rings (SSSR count). The second kappa shape index (κ2) is 10.1. The summed E-state index contributed by atoms with van der Waals surface area (Å²) in [6.45, 7) is 0. The van der Waals surface area contributed by atoms with Crippen LogP contribution in [0.2, 0.25) is 0 Å². The van der Waals surface area contributed by atoms with Crippen LogP contribution in [0.15, 0.2) is 174 Å². The predicted molar refractivity (Wildman–Crippen MR) is 186 cm³/mol. The molecule has 0 amide bonds. The number of rotatable bonds is 5. The maximum atomic E-state index is 6.38. The molecule has 0 bridgehead atoms. The van der Waals surface area contributed by atoms with Gasteiger partial charge in [-0.2, -0.15) is 0 Å². The molecule has 0 atom stereocenters. The molecule has 1 aromatic heterocycles. The summed E-state index contributed by atoms with van der Waals surface area (Å²) in [5.74, 6) is 0. The Bertz CT molecular complexity index is 2300. The van der Waals surface area contributed by atoms with Crippen molar-refractivity contribution < 1.29 is 4.42 Å². The van der Waals surface area contributed by atoms with Crippen molar-refractivity contribution in [2.24, 2.45) is 0 Å². The second-order valence-electron chi connectivity index (χ2n) is 11.7. The quantitative estimate of drug-likeness (QED) is 0.221. The van der Waals surface area contributed by atoms with Crippen molar-refractivity contribution in [3.05, 3.63) is 192 Å². The first-order valence-electron chi connectivity index (χ1n) is 15.4. The van der Waals surface area contributed by atoms with E-state index in [1.54, 1.807) is 0 Å². The van der Waals surface area contributed by atoms with Crippen molar-refractivity contribution in [1.29, 1.82) is 0 Å². The zero-order valence-electron chi connectivity index (χ0n) is 24.6. The van der Waals surface area contributed by atoms with Crippen molar-refractivity contribution in [2.75, 3.05) is 5.32 Å². The molecule has 1 N–H and O–H groups in total. The predicted octanol–water partition coefficient (Wildman–Crippen LogP) is 11.4. The normalized spacial score (nSPS) is 13.1. The molecule has 0 saturated heterocycles. The highest BCUT2D eigenvalue weighted by Gasteiger charge is 2.46. The van der Waals surface area contributed by atoms with Crippen molar-refractivity contribution in [3.63, 3.8) is 0 Å². The van der Waals surface area contributed by atoms with E-state index in [0.29, 0.717) is 0 Å². The van der Waals surface area contributed by atoms with E-state index in [2.05, 4.69) is 175 Å². The molecular weight excluding hydrogens is 546 g/mol. The molecule has 0 saturated carbocycles. The van der Waals surface area contributed by atoms with Gasteiger partial charge in [0.15, 0.2) is 0 Å². The molecule has 0 radical (unpaired) electrons. The molecule has 2 nitrogen and oxygen atoms in total. The number of benzene rings is 7. The highest BCUT2D eigenvalue weighted by molar-refractivity contribution is 6.13. The van der Waals surface area contributed by atoms with Crippen LogP contribution in [0.5, 0.6) is 0 Å². The Morgan fingerprint density at radius 1 is 0.444 bits per heavy atom. The Kier molecular flexibility index (Phi) is 5.76. The number of fused-ring (bicyclic) bond motifs is 6. The van der Waals surface area contributed by atoms with Crippen LogP contribution in [0.3, 0.4) is 0 Å². The van der Waals surface area contributed by atoms with E-state index in [9.17, 15) is 0 Å². The van der Waals surface area contributed by atoms with Gasteiger partial charge in [0.25, 0.3) is 0 Å². The minimum atomic E-state index is -0.439. The third-order valence-electron chi connectivity index (χ3n) is 9.35. The smallest absolute Gasteiger partial charge is 0.137 e. The Hall–Kier alpha value is -5.86. The number of furan rings is 1. The number of anilines is 2. The van der Waals surface area contributed by atoms with Crippen molar-refractivity contribution >= 4 is 33.3 Å². The summed E-state index contributed by atoms with van der Waals surface area (Å²) in [5.41, 5.74) is 13.4. The molecule has 0 aliphatic heterocycles. The number of hydrogen-bond donors (Lipinski definition) is 1. The first-order chi connectivity index (χ1) is 22.3. The summed E-state index contributed by atoms with van der Waals surface area (Å²) in [6.07, 6.45) is 0. The van der Waals surface area contributed by atoms with Crippen LogP contribution in [0.1, 0.15) is 22.3 Å². The Morgan fingerprint density at radius 2 is 1.07 bits per heavy atom. The maximum absolute atomic E-state index is 6.38. The van der Waals surface area contributed by atoms with Crippen LogP contribution in [-0.2, 0) is 5.41 Å². The average Bonchev–Trinajstić information content (AvgIpc) is 3.64. The third kappa shape index (κ3) is 3.82. The molecular formula is C43H29NO. The second-order valence-corrected chi connectivity index (χ2v) is 11.7. The van der Waals surface area contributed by atoms with Gasteiger partial charge in [0.1, 0.15) is 11.2 Å². The lowest BCUT2D eigenvalue weighted by molar-refractivity contribution is 0.669. The molecule has 2 heteroatoms. The Balaban J connectivity index is 1.27. The molecule has 212 valence electrons.